The summed E-state index contributed by atoms with van der Waals surface area (Å²) in [6, 6.07) is 57.2. The van der Waals surface area contributed by atoms with Crippen LogP contribution in [-0.4, -0.2) is 9.67 Å². The first-order valence-electron chi connectivity index (χ1n) is 19.3. The fourth-order valence-corrected chi connectivity index (χ4v) is 8.51. The van der Waals surface area contributed by atoms with E-state index >= 15 is 0 Å². The van der Waals surface area contributed by atoms with Crippen molar-refractivity contribution >= 4 is 44.4 Å². The van der Waals surface area contributed by atoms with E-state index in [0.29, 0.717) is 0 Å². The van der Waals surface area contributed by atoms with E-state index in [1.54, 1.807) is 6.08 Å². The summed E-state index contributed by atoms with van der Waals surface area (Å²) in [7, 11) is 0. The first-order chi connectivity index (χ1) is 27.4. The number of anilines is 3. The summed E-state index contributed by atoms with van der Waals surface area (Å²) < 4.78 is 2.31. The molecule has 3 nitrogen and oxygen atoms in total. The summed E-state index contributed by atoms with van der Waals surface area (Å²) in [6.45, 7) is 10.6. The molecule has 8 aromatic rings. The van der Waals surface area contributed by atoms with Crippen LogP contribution in [0.2, 0.25) is 0 Å². The highest BCUT2D eigenvalue weighted by Crippen LogP contribution is 2.50. The standard InChI is InChI=1S/C53H44N2O/c1-5-6-7-12-36(2)38-19-26-41(27-20-38)54(44-30-31-46-45-13-8-10-15-49(45)53(3,4)50(46)34-44)42-28-21-39(22-29-42)40-23-32-52-48(33-40)47-14-9-11-16-51(47)55(52)43-24-17-37(35-56)18-25-43/h5-34,56H,1,35H2,2-4H3/b7-6-,36-12+. The number of hydrogen-bond acceptors (Lipinski definition) is 2. The molecule has 0 spiro atoms. The van der Waals surface area contributed by atoms with Gasteiger partial charge < -0.3 is 14.6 Å². The van der Waals surface area contributed by atoms with E-state index in [2.05, 4.69) is 188 Å². The van der Waals surface area contributed by atoms with Crippen molar-refractivity contribution in [2.75, 3.05) is 4.90 Å². The molecule has 0 atom stereocenters. The van der Waals surface area contributed by atoms with Crippen LogP contribution < -0.4 is 4.90 Å². The van der Waals surface area contributed by atoms with Crippen molar-refractivity contribution in [2.24, 2.45) is 0 Å². The monoisotopic (exact) mass is 724 g/mol. The lowest BCUT2D eigenvalue weighted by atomic mass is 9.82. The lowest BCUT2D eigenvalue weighted by Crippen LogP contribution is -2.16. The van der Waals surface area contributed by atoms with Gasteiger partial charge in [0, 0.05) is 38.9 Å². The number of benzene rings is 7. The summed E-state index contributed by atoms with van der Waals surface area (Å²) in [5.74, 6) is 0. The Morgan fingerprint density at radius 1 is 0.625 bits per heavy atom. The van der Waals surface area contributed by atoms with Crippen LogP contribution >= 0.6 is 0 Å². The Hall–Kier alpha value is -6.68. The predicted molar refractivity (Wildman–Crippen MR) is 237 cm³/mol. The molecule has 0 amide bonds. The second-order valence-electron chi connectivity index (χ2n) is 15.2. The summed E-state index contributed by atoms with van der Waals surface area (Å²) in [5, 5.41) is 12.1. The van der Waals surface area contributed by atoms with Crippen molar-refractivity contribution in [1.82, 2.24) is 4.57 Å². The van der Waals surface area contributed by atoms with Crippen LogP contribution in [0.3, 0.4) is 0 Å². The molecular formula is C53H44N2O. The van der Waals surface area contributed by atoms with Gasteiger partial charge in [-0.15, -0.1) is 0 Å². The average Bonchev–Trinajstić information content (AvgIpc) is 3.69. The van der Waals surface area contributed by atoms with Crippen molar-refractivity contribution in [1.29, 1.82) is 0 Å². The SMILES string of the molecule is C=C/C=C\C=C(/C)c1ccc(N(c2ccc(-c3ccc4c(c3)c3ccccc3n4-c3ccc(CO)cc3)cc2)c2ccc3c(c2)C(C)(C)c2ccccc2-3)cc1. The topological polar surface area (TPSA) is 28.4 Å². The Balaban J connectivity index is 1.12. The number of aliphatic hydroxyl groups is 1. The Bertz CT molecular complexity index is 2810. The first kappa shape index (κ1) is 35.0. The smallest absolute Gasteiger partial charge is 0.0681 e. The molecule has 1 aromatic heterocycles. The number of para-hydroxylation sites is 1. The molecule has 1 aliphatic rings. The van der Waals surface area contributed by atoms with E-state index < -0.39 is 0 Å². The van der Waals surface area contributed by atoms with E-state index in [0.717, 1.165) is 44.9 Å². The van der Waals surface area contributed by atoms with Crippen molar-refractivity contribution in [3.05, 3.63) is 211 Å². The maximum Gasteiger partial charge on any atom is 0.0681 e. The van der Waals surface area contributed by atoms with E-state index in [4.69, 9.17) is 0 Å². The van der Waals surface area contributed by atoms with Crippen molar-refractivity contribution in [2.45, 2.75) is 32.8 Å². The second kappa shape index (κ2) is 14.2. The minimum absolute atomic E-state index is 0.0337. The van der Waals surface area contributed by atoms with Crippen LogP contribution in [-0.2, 0) is 12.0 Å². The van der Waals surface area contributed by atoms with Gasteiger partial charge in [0.05, 0.1) is 17.6 Å². The molecule has 0 saturated heterocycles. The molecule has 7 aromatic carbocycles. The van der Waals surface area contributed by atoms with Gasteiger partial charge in [-0.2, -0.15) is 0 Å². The number of aromatic nitrogens is 1. The Morgan fingerprint density at radius 3 is 2.02 bits per heavy atom. The molecule has 0 radical (unpaired) electrons. The van der Waals surface area contributed by atoms with Crippen molar-refractivity contribution in [3.63, 3.8) is 0 Å². The highest BCUT2D eigenvalue weighted by atomic mass is 16.3. The summed E-state index contributed by atoms with van der Waals surface area (Å²) in [6.07, 6.45) is 7.90. The normalized spacial score (nSPS) is 13.3. The predicted octanol–water partition coefficient (Wildman–Crippen LogP) is 13.9. The van der Waals surface area contributed by atoms with Crippen LogP contribution in [0.1, 0.15) is 43.0 Å². The van der Waals surface area contributed by atoms with Crippen LogP contribution in [0.25, 0.3) is 55.3 Å². The third-order valence-electron chi connectivity index (χ3n) is 11.5. The first-order valence-corrected chi connectivity index (χ1v) is 19.3. The Kier molecular flexibility index (Phi) is 8.88. The van der Waals surface area contributed by atoms with Crippen molar-refractivity contribution in [3.8, 4) is 27.9 Å². The number of aliphatic hydroxyl groups excluding tert-OH is 1. The van der Waals surface area contributed by atoms with E-state index in [9.17, 15) is 5.11 Å². The highest BCUT2D eigenvalue weighted by Gasteiger charge is 2.35. The number of hydrogen-bond donors (Lipinski definition) is 1. The zero-order valence-electron chi connectivity index (χ0n) is 32.1. The molecule has 0 saturated carbocycles. The molecule has 56 heavy (non-hydrogen) atoms. The fourth-order valence-electron chi connectivity index (χ4n) is 8.51. The van der Waals surface area contributed by atoms with E-state index in [1.807, 2.05) is 24.3 Å². The highest BCUT2D eigenvalue weighted by molar-refractivity contribution is 6.10. The van der Waals surface area contributed by atoms with Crippen molar-refractivity contribution < 1.29 is 5.11 Å². The van der Waals surface area contributed by atoms with Gasteiger partial charge in [-0.05, 0) is 124 Å². The number of allylic oxidation sites excluding steroid dienone is 5. The molecule has 1 aliphatic carbocycles. The second-order valence-corrected chi connectivity index (χ2v) is 15.2. The summed E-state index contributed by atoms with van der Waals surface area (Å²) in [5.41, 5.74) is 17.6. The van der Waals surface area contributed by atoms with E-state index in [-0.39, 0.29) is 12.0 Å². The number of nitrogens with zero attached hydrogens (tertiary/aromatic N) is 2. The molecule has 3 heteroatoms. The molecule has 0 aliphatic heterocycles. The Labute approximate surface area is 329 Å². The van der Waals surface area contributed by atoms with Gasteiger partial charge in [-0.25, -0.2) is 0 Å². The minimum atomic E-state index is -0.104. The van der Waals surface area contributed by atoms with Gasteiger partial charge in [-0.1, -0.05) is 136 Å². The molecule has 9 rings (SSSR count). The quantitative estimate of drug-likeness (QED) is 0.150. The summed E-state index contributed by atoms with van der Waals surface area (Å²) in [4.78, 5) is 2.38. The van der Waals surface area contributed by atoms with Gasteiger partial charge in [0.25, 0.3) is 0 Å². The third-order valence-corrected chi connectivity index (χ3v) is 11.5. The van der Waals surface area contributed by atoms with Gasteiger partial charge >= 0.3 is 0 Å². The van der Waals surface area contributed by atoms with Crippen LogP contribution in [0.4, 0.5) is 17.1 Å². The number of fused-ring (bicyclic) bond motifs is 6. The molecule has 0 unspecified atom stereocenters. The zero-order chi connectivity index (χ0) is 38.4. The minimum Gasteiger partial charge on any atom is -0.392 e. The largest absolute Gasteiger partial charge is 0.392 e. The zero-order valence-corrected chi connectivity index (χ0v) is 32.1. The van der Waals surface area contributed by atoms with E-state index in [1.165, 1.54) is 49.7 Å². The molecular weight excluding hydrogens is 681 g/mol. The average molecular weight is 725 g/mol. The molecule has 1 N–H and O–H groups in total. The lowest BCUT2D eigenvalue weighted by molar-refractivity contribution is 0.282. The van der Waals surface area contributed by atoms with Gasteiger partial charge in [0.2, 0.25) is 0 Å². The molecule has 272 valence electrons. The molecule has 0 fully saturated rings. The van der Waals surface area contributed by atoms with Gasteiger partial charge in [-0.3, -0.25) is 0 Å². The van der Waals surface area contributed by atoms with Crippen LogP contribution in [0, 0.1) is 0 Å². The number of rotatable bonds is 9. The van der Waals surface area contributed by atoms with Crippen LogP contribution in [0.15, 0.2) is 189 Å². The molecule has 0 bridgehead atoms. The maximum absolute atomic E-state index is 9.63. The van der Waals surface area contributed by atoms with Gasteiger partial charge in [0.1, 0.15) is 0 Å². The van der Waals surface area contributed by atoms with Crippen LogP contribution in [0.5, 0.6) is 0 Å². The van der Waals surface area contributed by atoms with Gasteiger partial charge in [0.15, 0.2) is 0 Å². The molecule has 1 heterocycles. The third kappa shape index (κ3) is 5.98. The fraction of sp³-hybridized carbons (Fsp3) is 0.0943. The summed E-state index contributed by atoms with van der Waals surface area (Å²) >= 11 is 0. The Morgan fingerprint density at radius 2 is 1.27 bits per heavy atom. The lowest BCUT2D eigenvalue weighted by Gasteiger charge is -2.28. The maximum atomic E-state index is 9.63.